The fourth-order valence-electron chi connectivity index (χ4n) is 3.69. The Morgan fingerprint density at radius 1 is 1.10 bits per heavy atom. The Morgan fingerprint density at radius 2 is 1.81 bits per heavy atom. The van der Waals surface area contributed by atoms with E-state index in [0.29, 0.717) is 0 Å². The van der Waals surface area contributed by atoms with Crippen molar-refractivity contribution < 1.29 is 0 Å². The number of thioether (sulfide) groups is 1. The van der Waals surface area contributed by atoms with Gasteiger partial charge in [-0.15, -0.1) is 0 Å². The molecule has 1 aliphatic heterocycles. The van der Waals surface area contributed by atoms with Crippen molar-refractivity contribution in [1.82, 2.24) is 0 Å². The van der Waals surface area contributed by atoms with Crippen LogP contribution in [0.2, 0.25) is 0 Å². The van der Waals surface area contributed by atoms with Gasteiger partial charge in [-0.1, -0.05) is 76.8 Å². The van der Waals surface area contributed by atoms with Gasteiger partial charge in [0.15, 0.2) is 0 Å². The van der Waals surface area contributed by atoms with Gasteiger partial charge in [0, 0.05) is 11.9 Å². The summed E-state index contributed by atoms with van der Waals surface area (Å²) in [5.74, 6) is 0.784. The third-order valence-corrected chi connectivity index (χ3v) is 6.74. The molecule has 0 aromatic heterocycles. The van der Waals surface area contributed by atoms with Crippen LogP contribution in [-0.2, 0) is 0 Å². The number of nitrogens with zero attached hydrogens (tertiary/aromatic N) is 1. The van der Waals surface area contributed by atoms with Crippen molar-refractivity contribution in [1.29, 1.82) is 0 Å². The molecule has 0 bridgehead atoms. The Kier molecular flexibility index (Phi) is 6.04. The molecule has 0 saturated carbocycles. The molecule has 1 aliphatic rings. The number of benzene rings is 1. The highest BCUT2D eigenvalue weighted by atomic mass is 32.2. The SMILES string of the molecule is CCCC[C@@H](CC)[C@@]1(CCCC)Sc2ccccc2N1C. The first-order valence-electron chi connectivity index (χ1n) is 8.71. The summed E-state index contributed by atoms with van der Waals surface area (Å²) in [5.41, 5.74) is 1.44. The fraction of sp³-hybridized carbons (Fsp3) is 0.684. The number of fused-ring (bicyclic) bond motifs is 1. The fourth-order valence-corrected chi connectivity index (χ4v) is 5.46. The van der Waals surface area contributed by atoms with Gasteiger partial charge in [-0.25, -0.2) is 0 Å². The third-order valence-electron chi connectivity index (χ3n) is 5.01. The average molecular weight is 306 g/mol. The second-order valence-corrected chi connectivity index (χ2v) is 7.68. The Bertz CT molecular complexity index is 445. The standard InChI is InChI=1S/C19H31NS/c1-5-8-12-16(7-3)19(15-9-6-2)20(4)17-13-10-11-14-18(17)21-19/h10-11,13-14,16H,5-9,12,15H2,1-4H3/t16-,19-/m1/s1. The first-order chi connectivity index (χ1) is 10.2. The van der Waals surface area contributed by atoms with Crippen molar-refractivity contribution in [3.05, 3.63) is 24.3 Å². The van der Waals surface area contributed by atoms with Crippen molar-refractivity contribution in [3.63, 3.8) is 0 Å². The molecule has 0 fully saturated rings. The molecule has 1 heterocycles. The van der Waals surface area contributed by atoms with Crippen LogP contribution in [0.1, 0.15) is 65.7 Å². The smallest absolute Gasteiger partial charge is 0.0932 e. The van der Waals surface area contributed by atoms with Gasteiger partial charge in [-0.2, -0.15) is 0 Å². The van der Waals surface area contributed by atoms with Crippen LogP contribution in [0.4, 0.5) is 5.69 Å². The number of hydrogen-bond acceptors (Lipinski definition) is 2. The highest BCUT2D eigenvalue weighted by Gasteiger charge is 2.46. The lowest BCUT2D eigenvalue weighted by Gasteiger charge is -2.43. The van der Waals surface area contributed by atoms with Gasteiger partial charge in [0.25, 0.3) is 0 Å². The second kappa shape index (κ2) is 7.58. The molecular formula is C19H31NS. The van der Waals surface area contributed by atoms with Crippen LogP contribution in [-0.4, -0.2) is 11.9 Å². The van der Waals surface area contributed by atoms with Crippen LogP contribution in [0.5, 0.6) is 0 Å². The summed E-state index contributed by atoms with van der Waals surface area (Å²) in [6.45, 7) is 7.00. The number of rotatable bonds is 8. The van der Waals surface area contributed by atoms with Crippen molar-refractivity contribution in [2.75, 3.05) is 11.9 Å². The normalized spacial score (nSPS) is 22.4. The van der Waals surface area contributed by atoms with E-state index in [4.69, 9.17) is 0 Å². The maximum atomic E-state index is 2.60. The zero-order valence-electron chi connectivity index (χ0n) is 14.2. The molecule has 1 nitrogen and oxygen atoms in total. The Morgan fingerprint density at radius 3 is 2.43 bits per heavy atom. The number of unbranched alkanes of at least 4 members (excludes halogenated alkanes) is 2. The lowest BCUT2D eigenvalue weighted by Crippen LogP contribution is -2.47. The predicted octanol–water partition coefficient (Wildman–Crippen LogP) is 6.33. The maximum absolute atomic E-state index is 2.60. The first-order valence-corrected chi connectivity index (χ1v) is 9.53. The van der Waals surface area contributed by atoms with Gasteiger partial charge in [-0.05, 0) is 30.9 Å². The highest BCUT2D eigenvalue weighted by molar-refractivity contribution is 8.01. The second-order valence-electron chi connectivity index (χ2n) is 6.32. The molecule has 118 valence electrons. The third kappa shape index (κ3) is 3.26. The minimum absolute atomic E-state index is 0.281. The molecule has 0 N–H and O–H groups in total. The largest absolute Gasteiger partial charge is 0.358 e. The van der Waals surface area contributed by atoms with Gasteiger partial charge in [0.05, 0.1) is 10.6 Å². The highest BCUT2D eigenvalue weighted by Crippen LogP contribution is 2.56. The number of para-hydroxylation sites is 1. The van der Waals surface area contributed by atoms with Crippen LogP contribution in [0, 0.1) is 5.92 Å². The summed E-state index contributed by atoms with van der Waals surface area (Å²) >= 11 is 2.14. The van der Waals surface area contributed by atoms with Crippen LogP contribution in [0.3, 0.4) is 0 Å². The molecule has 2 rings (SSSR count). The Hall–Kier alpha value is -0.630. The minimum Gasteiger partial charge on any atom is -0.358 e. The molecule has 0 radical (unpaired) electrons. The van der Waals surface area contributed by atoms with E-state index in [1.54, 1.807) is 0 Å². The molecule has 21 heavy (non-hydrogen) atoms. The quantitative estimate of drug-likeness (QED) is 0.552. The zero-order chi connectivity index (χ0) is 15.3. The van der Waals surface area contributed by atoms with Gasteiger partial charge >= 0.3 is 0 Å². The van der Waals surface area contributed by atoms with E-state index in [-0.39, 0.29) is 4.87 Å². The van der Waals surface area contributed by atoms with Gasteiger partial charge in [0.2, 0.25) is 0 Å². The van der Waals surface area contributed by atoms with E-state index in [0.717, 1.165) is 5.92 Å². The minimum atomic E-state index is 0.281. The zero-order valence-corrected chi connectivity index (χ0v) is 15.0. The van der Waals surface area contributed by atoms with E-state index in [1.807, 2.05) is 0 Å². The molecule has 0 aliphatic carbocycles. The van der Waals surface area contributed by atoms with Gasteiger partial charge in [0.1, 0.15) is 0 Å². The van der Waals surface area contributed by atoms with Crippen LogP contribution >= 0.6 is 11.8 Å². The molecule has 0 saturated heterocycles. The molecule has 2 heteroatoms. The monoisotopic (exact) mass is 305 g/mol. The molecule has 1 aromatic carbocycles. The summed E-state index contributed by atoms with van der Waals surface area (Å²) in [6.07, 6.45) is 9.24. The van der Waals surface area contributed by atoms with Crippen molar-refractivity contribution in [3.8, 4) is 0 Å². The lowest BCUT2D eigenvalue weighted by molar-refractivity contribution is 0.312. The predicted molar refractivity (Wildman–Crippen MR) is 96.3 cm³/mol. The van der Waals surface area contributed by atoms with E-state index < -0.39 is 0 Å². The number of anilines is 1. The lowest BCUT2D eigenvalue weighted by atomic mass is 9.86. The van der Waals surface area contributed by atoms with Crippen LogP contribution in [0.15, 0.2) is 29.2 Å². The molecule has 1 aromatic rings. The van der Waals surface area contributed by atoms with Crippen molar-refractivity contribution in [2.24, 2.45) is 5.92 Å². The van der Waals surface area contributed by atoms with Crippen LogP contribution in [0.25, 0.3) is 0 Å². The molecule has 2 atom stereocenters. The maximum Gasteiger partial charge on any atom is 0.0932 e. The van der Waals surface area contributed by atoms with Gasteiger partial charge < -0.3 is 4.90 Å². The summed E-state index contributed by atoms with van der Waals surface area (Å²) in [7, 11) is 2.32. The van der Waals surface area contributed by atoms with Crippen LogP contribution < -0.4 is 4.90 Å². The summed E-state index contributed by atoms with van der Waals surface area (Å²) in [6, 6.07) is 8.96. The molecule has 0 amide bonds. The summed E-state index contributed by atoms with van der Waals surface area (Å²) in [5, 5.41) is 0. The van der Waals surface area contributed by atoms with E-state index in [9.17, 15) is 0 Å². The van der Waals surface area contributed by atoms with E-state index in [2.05, 4.69) is 68.7 Å². The summed E-state index contributed by atoms with van der Waals surface area (Å²) in [4.78, 5) is 4.36. The molecule has 0 spiro atoms. The average Bonchev–Trinajstić information content (AvgIpc) is 2.80. The Labute approximate surface area is 135 Å². The number of hydrogen-bond donors (Lipinski definition) is 0. The van der Waals surface area contributed by atoms with E-state index >= 15 is 0 Å². The summed E-state index contributed by atoms with van der Waals surface area (Å²) < 4.78 is 0. The van der Waals surface area contributed by atoms with Gasteiger partial charge in [-0.3, -0.25) is 0 Å². The topological polar surface area (TPSA) is 3.24 Å². The molecular weight excluding hydrogens is 274 g/mol. The van der Waals surface area contributed by atoms with Crippen molar-refractivity contribution in [2.45, 2.75) is 75.5 Å². The van der Waals surface area contributed by atoms with E-state index in [1.165, 1.54) is 55.5 Å². The first kappa shape index (κ1) is 16.7. The van der Waals surface area contributed by atoms with Crippen molar-refractivity contribution >= 4 is 17.4 Å². The Balaban J connectivity index is 2.30. The molecule has 0 unspecified atom stereocenters.